The molecule has 0 aromatic heterocycles. The Balaban J connectivity index is 2.51. The van der Waals surface area contributed by atoms with Crippen molar-refractivity contribution in [2.24, 2.45) is 0 Å². The summed E-state index contributed by atoms with van der Waals surface area (Å²) in [6, 6.07) is 4.55. The van der Waals surface area contributed by atoms with E-state index in [0.29, 0.717) is 10.6 Å². The molecule has 0 aliphatic carbocycles. The van der Waals surface area contributed by atoms with Crippen LogP contribution in [0.25, 0.3) is 0 Å². The maximum absolute atomic E-state index is 13.3. The third-order valence-corrected chi connectivity index (χ3v) is 2.81. The van der Waals surface area contributed by atoms with Gasteiger partial charge in [-0.1, -0.05) is 0 Å². The molecular weight excluding hydrogens is 227 g/mol. The summed E-state index contributed by atoms with van der Waals surface area (Å²) >= 11 is 1.16. The second kappa shape index (κ2) is 5.75. The molecule has 88 valence electrons. The van der Waals surface area contributed by atoms with E-state index in [0.717, 1.165) is 11.8 Å². The maximum atomic E-state index is 13.3. The average Bonchev–Trinajstić information content (AvgIpc) is 2.15. The van der Waals surface area contributed by atoms with E-state index in [1.165, 1.54) is 6.07 Å². The summed E-state index contributed by atoms with van der Waals surface area (Å²) < 4.78 is 13.3. The van der Waals surface area contributed by atoms with Gasteiger partial charge < -0.3 is 11.1 Å². The van der Waals surface area contributed by atoms with Crippen molar-refractivity contribution >= 4 is 23.4 Å². The molecule has 0 radical (unpaired) electrons. The number of nitrogens with two attached hydrogens (primary N) is 1. The molecule has 1 rings (SSSR count). The van der Waals surface area contributed by atoms with E-state index in [1.54, 1.807) is 12.1 Å². The minimum Gasteiger partial charge on any atom is -0.399 e. The molecule has 0 saturated carbocycles. The van der Waals surface area contributed by atoms with Gasteiger partial charge in [-0.25, -0.2) is 4.39 Å². The zero-order valence-corrected chi connectivity index (χ0v) is 10.1. The zero-order chi connectivity index (χ0) is 12.1. The van der Waals surface area contributed by atoms with E-state index >= 15 is 0 Å². The SMILES string of the molecule is CC(C)NC(=O)CSc1ccc(N)cc1F. The van der Waals surface area contributed by atoms with Crippen LogP contribution in [0.1, 0.15) is 13.8 Å². The van der Waals surface area contributed by atoms with Gasteiger partial charge in [0.1, 0.15) is 5.82 Å². The van der Waals surface area contributed by atoms with E-state index in [1.807, 2.05) is 13.8 Å². The lowest BCUT2D eigenvalue weighted by Gasteiger charge is -2.08. The number of amides is 1. The van der Waals surface area contributed by atoms with Gasteiger partial charge in [0.2, 0.25) is 5.91 Å². The van der Waals surface area contributed by atoms with E-state index in [9.17, 15) is 9.18 Å². The molecule has 3 nitrogen and oxygen atoms in total. The number of rotatable bonds is 4. The van der Waals surface area contributed by atoms with Gasteiger partial charge in [0.05, 0.1) is 5.75 Å². The fourth-order valence-corrected chi connectivity index (χ4v) is 1.87. The number of nitrogen functional groups attached to an aromatic ring is 1. The Morgan fingerprint density at radius 3 is 2.81 bits per heavy atom. The molecule has 0 spiro atoms. The van der Waals surface area contributed by atoms with Crippen LogP contribution in [0.5, 0.6) is 0 Å². The molecule has 0 atom stereocenters. The molecule has 0 aliphatic heterocycles. The van der Waals surface area contributed by atoms with Gasteiger partial charge in [0.25, 0.3) is 0 Å². The Morgan fingerprint density at radius 1 is 1.56 bits per heavy atom. The summed E-state index contributed by atoms with van der Waals surface area (Å²) in [6.45, 7) is 3.76. The zero-order valence-electron chi connectivity index (χ0n) is 9.29. The number of carbonyl (C=O) groups excluding carboxylic acids is 1. The van der Waals surface area contributed by atoms with E-state index in [4.69, 9.17) is 5.73 Å². The van der Waals surface area contributed by atoms with Crippen molar-refractivity contribution in [1.82, 2.24) is 5.32 Å². The van der Waals surface area contributed by atoms with Crippen molar-refractivity contribution < 1.29 is 9.18 Å². The first-order chi connectivity index (χ1) is 7.49. The lowest BCUT2D eigenvalue weighted by molar-refractivity contribution is -0.119. The Hall–Kier alpha value is -1.23. The number of nitrogens with one attached hydrogen (secondary N) is 1. The van der Waals surface area contributed by atoms with Crippen LogP contribution in [-0.2, 0) is 4.79 Å². The molecule has 1 aromatic carbocycles. The summed E-state index contributed by atoms with van der Waals surface area (Å²) in [6.07, 6.45) is 0. The van der Waals surface area contributed by atoms with Crippen molar-refractivity contribution in [1.29, 1.82) is 0 Å². The highest BCUT2D eigenvalue weighted by Gasteiger charge is 2.07. The monoisotopic (exact) mass is 242 g/mol. The number of anilines is 1. The number of carbonyl (C=O) groups is 1. The molecule has 0 saturated heterocycles. The van der Waals surface area contributed by atoms with Gasteiger partial charge in [-0.15, -0.1) is 11.8 Å². The van der Waals surface area contributed by atoms with Gasteiger partial charge in [-0.2, -0.15) is 0 Å². The smallest absolute Gasteiger partial charge is 0.230 e. The highest BCUT2D eigenvalue weighted by atomic mass is 32.2. The Labute approximate surface area is 98.6 Å². The molecule has 1 aromatic rings. The minimum absolute atomic E-state index is 0.101. The van der Waals surface area contributed by atoms with E-state index < -0.39 is 0 Å². The first-order valence-corrected chi connectivity index (χ1v) is 5.95. The Kier molecular flexibility index (Phi) is 4.61. The summed E-state index contributed by atoms with van der Waals surface area (Å²) in [5.41, 5.74) is 5.80. The summed E-state index contributed by atoms with van der Waals surface area (Å²) in [7, 11) is 0. The highest BCUT2D eigenvalue weighted by Crippen LogP contribution is 2.23. The quantitative estimate of drug-likeness (QED) is 0.627. The fourth-order valence-electron chi connectivity index (χ4n) is 1.14. The fraction of sp³-hybridized carbons (Fsp3) is 0.364. The third kappa shape index (κ3) is 4.10. The summed E-state index contributed by atoms with van der Waals surface area (Å²) in [5, 5.41) is 2.74. The molecule has 3 N–H and O–H groups in total. The lowest BCUT2D eigenvalue weighted by atomic mass is 10.3. The van der Waals surface area contributed by atoms with Crippen molar-refractivity contribution in [2.75, 3.05) is 11.5 Å². The van der Waals surface area contributed by atoms with Crippen LogP contribution >= 0.6 is 11.8 Å². The third-order valence-electron chi connectivity index (χ3n) is 1.76. The molecule has 0 unspecified atom stereocenters. The van der Waals surface area contributed by atoms with E-state index in [-0.39, 0.29) is 23.5 Å². The number of thioether (sulfide) groups is 1. The normalized spacial score (nSPS) is 10.5. The standard InChI is InChI=1S/C11H15FN2OS/c1-7(2)14-11(15)6-16-10-4-3-8(13)5-9(10)12/h3-5,7H,6,13H2,1-2H3,(H,14,15). The number of hydrogen-bond donors (Lipinski definition) is 2. The molecule has 0 bridgehead atoms. The van der Waals surface area contributed by atoms with Crippen LogP contribution in [0, 0.1) is 5.82 Å². The molecule has 0 heterocycles. The van der Waals surface area contributed by atoms with Crippen LogP contribution in [0.4, 0.5) is 10.1 Å². The molecule has 5 heteroatoms. The predicted octanol–water partition coefficient (Wildman–Crippen LogP) is 2.02. The highest BCUT2D eigenvalue weighted by molar-refractivity contribution is 8.00. The van der Waals surface area contributed by atoms with Crippen molar-refractivity contribution in [2.45, 2.75) is 24.8 Å². The van der Waals surface area contributed by atoms with Gasteiger partial charge in [0, 0.05) is 16.6 Å². The maximum Gasteiger partial charge on any atom is 0.230 e. The number of halogens is 1. The second-order valence-corrected chi connectivity index (χ2v) is 4.72. The molecule has 0 fully saturated rings. The van der Waals surface area contributed by atoms with Crippen molar-refractivity contribution in [3.05, 3.63) is 24.0 Å². The van der Waals surface area contributed by atoms with Gasteiger partial charge in [0.15, 0.2) is 0 Å². The molecule has 16 heavy (non-hydrogen) atoms. The van der Waals surface area contributed by atoms with Crippen LogP contribution in [-0.4, -0.2) is 17.7 Å². The molecular formula is C11H15FN2OS. The first-order valence-electron chi connectivity index (χ1n) is 4.96. The average molecular weight is 242 g/mol. The Bertz CT molecular complexity index is 382. The number of benzene rings is 1. The molecule has 1 amide bonds. The van der Waals surface area contributed by atoms with Gasteiger partial charge in [-0.05, 0) is 32.0 Å². The van der Waals surface area contributed by atoms with Crippen LogP contribution in [0.3, 0.4) is 0 Å². The predicted molar refractivity (Wildman–Crippen MR) is 64.8 cm³/mol. The minimum atomic E-state index is -0.387. The van der Waals surface area contributed by atoms with Gasteiger partial charge in [-0.3, -0.25) is 4.79 Å². The van der Waals surface area contributed by atoms with Crippen LogP contribution < -0.4 is 11.1 Å². The number of hydrogen-bond acceptors (Lipinski definition) is 3. The first kappa shape index (κ1) is 12.8. The van der Waals surface area contributed by atoms with E-state index in [2.05, 4.69) is 5.32 Å². The van der Waals surface area contributed by atoms with Gasteiger partial charge >= 0.3 is 0 Å². The van der Waals surface area contributed by atoms with Crippen molar-refractivity contribution in [3.8, 4) is 0 Å². The second-order valence-electron chi connectivity index (χ2n) is 3.70. The summed E-state index contributed by atoms with van der Waals surface area (Å²) in [4.78, 5) is 11.8. The largest absolute Gasteiger partial charge is 0.399 e. The Morgan fingerprint density at radius 2 is 2.25 bits per heavy atom. The van der Waals surface area contributed by atoms with Crippen LogP contribution in [0.15, 0.2) is 23.1 Å². The lowest BCUT2D eigenvalue weighted by Crippen LogP contribution is -2.31. The topological polar surface area (TPSA) is 55.1 Å². The summed E-state index contributed by atoms with van der Waals surface area (Å²) in [5.74, 6) is -0.280. The van der Waals surface area contributed by atoms with Crippen LogP contribution in [0.2, 0.25) is 0 Å². The molecule has 0 aliphatic rings. The van der Waals surface area contributed by atoms with Crippen molar-refractivity contribution in [3.63, 3.8) is 0 Å².